The molecule has 0 aromatic heterocycles. The molecule has 19 heavy (non-hydrogen) atoms. The lowest BCUT2D eigenvalue weighted by Crippen LogP contribution is -2.52. The van der Waals surface area contributed by atoms with Gasteiger partial charge in [-0.25, -0.2) is 8.42 Å². The van der Waals surface area contributed by atoms with Crippen LogP contribution in [0.15, 0.2) is 0 Å². The zero-order valence-electron chi connectivity index (χ0n) is 12.1. The molecule has 112 valence electrons. The van der Waals surface area contributed by atoms with Crippen molar-refractivity contribution in [2.24, 2.45) is 0 Å². The van der Waals surface area contributed by atoms with Gasteiger partial charge in [-0.1, -0.05) is 6.42 Å². The molecule has 2 unspecified atom stereocenters. The van der Waals surface area contributed by atoms with Crippen LogP contribution in [0.4, 0.5) is 0 Å². The van der Waals surface area contributed by atoms with E-state index in [1.165, 1.54) is 31.9 Å². The van der Waals surface area contributed by atoms with Gasteiger partial charge in [0.2, 0.25) is 10.0 Å². The van der Waals surface area contributed by atoms with Gasteiger partial charge in [-0.15, -0.1) is 0 Å². The van der Waals surface area contributed by atoms with E-state index >= 15 is 0 Å². The van der Waals surface area contributed by atoms with E-state index in [0.717, 1.165) is 19.6 Å². The SMILES string of the molecule is CC(CC1CCCCN1)N1CCN(S(C)(=O)=O)CC1. The van der Waals surface area contributed by atoms with Crippen LogP contribution >= 0.6 is 0 Å². The molecule has 6 heteroatoms. The van der Waals surface area contributed by atoms with Crippen molar-refractivity contribution in [1.29, 1.82) is 0 Å². The summed E-state index contributed by atoms with van der Waals surface area (Å²) >= 11 is 0. The van der Waals surface area contributed by atoms with Crippen molar-refractivity contribution in [3.05, 3.63) is 0 Å². The molecular weight excluding hydrogens is 262 g/mol. The molecule has 2 rings (SSSR count). The van der Waals surface area contributed by atoms with E-state index in [-0.39, 0.29) is 0 Å². The van der Waals surface area contributed by atoms with Gasteiger partial charge in [0.05, 0.1) is 6.26 Å². The van der Waals surface area contributed by atoms with Crippen LogP contribution in [0.2, 0.25) is 0 Å². The Balaban J connectivity index is 1.77. The van der Waals surface area contributed by atoms with E-state index in [4.69, 9.17) is 0 Å². The lowest BCUT2D eigenvalue weighted by molar-refractivity contribution is 0.129. The predicted octanol–water partition coefficient (Wildman–Crippen LogP) is 0.484. The van der Waals surface area contributed by atoms with Crippen molar-refractivity contribution in [3.63, 3.8) is 0 Å². The minimum absolute atomic E-state index is 0.539. The van der Waals surface area contributed by atoms with Crippen LogP contribution in [0, 0.1) is 0 Å². The quantitative estimate of drug-likeness (QED) is 0.818. The Morgan fingerprint density at radius 2 is 1.89 bits per heavy atom. The van der Waals surface area contributed by atoms with E-state index in [2.05, 4.69) is 17.1 Å². The molecule has 2 fully saturated rings. The first-order valence-electron chi connectivity index (χ1n) is 7.39. The average Bonchev–Trinajstić information content (AvgIpc) is 2.39. The molecule has 2 heterocycles. The van der Waals surface area contributed by atoms with Gasteiger partial charge in [0.25, 0.3) is 0 Å². The smallest absolute Gasteiger partial charge is 0.211 e. The van der Waals surface area contributed by atoms with Crippen LogP contribution in [0.3, 0.4) is 0 Å². The number of piperazine rings is 1. The third kappa shape index (κ3) is 4.41. The Hall–Kier alpha value is -0.170. The molecule has 0 saturated carbocycles. The Kier molecular flexibility index (Phi) is 5.22. The monoisotopic (exact) mass is 289 g/mol. The van der Waals surface area contributed by atoms with Gasteiger partial charge in [-0.05, 0) is 32.7 Å². The highest BCUT2D eigenvalue weighted by atomic mass is 32.2. The lowest BCUT2D eigenvalue weighted by atomic mass is 9.98. The van der Waals surface area contributed by atoms with E-state index in [1.54, 1.807) is 4.31 Å². The first-order valence-corrected chi connectivity index (χ1v) is 9.24. The fourth-order valence-electron chi connectivity index (χ4n) is 3.16. The van der Waals surface area contributed by atoms with Crippen LogP contribution in [-0.4, -0.2) is 68.7 Å². The number of nitrogens with zero attached hydrogens (tertiary/aromatic N) is 2. The Morgan fingerprint density at radius 1 is 1.21 bits per heavy atom. The van der Waals surface area contributed by atoms with Gasteiger partial charge >= 0.3 is 0 Å². The summed E-state index contributed by atoms with van der Waals surface area (Å²) in [6, 6.07) is 1.19. The van der Waals surface area contributed by atoms with Gasteiger partial charge in [0.15, 0.2) is 0 Å². The standard InChI is InChI=1S/C13H27N3O2S/c1-12(11-13-5-3-4-6-14-13)15-7-9-16(10-8-15)19(2,17)18/h12-14H,3-11H2,1-2H3. The summed E-state index contributed by atoms with van der Waals surface area (Å²) in [4.78, 5) is 2.43. The van der Waals surface area contributed by atoms with E-state index < -0.39 is 10.0 Å². The van der Waals surface area contributed by atoms with Gasteiger partial charge in [0, 0.05) is 38.3 Å². The minimum Gasteiger partial charge on any atom is -0.314 e. The Labute approximate surface area is 117 Å². The molecule has 5 nitrogen and oxygen atoms in total. The molecule has 1 N–H and O–H groups in total. The van der Waals surface area contributed by atoms with Crippen molar-refractivity contribution in [3.8, 4) is 0 Å². The van der Waals surface area contributed by atoms with Gasteiger partial charge in [-0.2, -0.15) is 4.31 Å². The summed E-state index contributed by atoms with van der Waals surface area (Å²) in [5, 5.41) is 3.59. The zero-order chi connectivity index (χ0) is 13.9. The summed E-state index contributed by atoms with van der Waals surface area (Å²) in [5.41, 5.74) is 0. The molecule has 0 aliphatic carbocycles. The van der Waals surface area contributed by atoms with Crippen LogP contribution in [0.1, 0.15) is 32.6 Å². The fourth-order valence-corrected chi connectivity index (χ4v) is 3.99. The second-order valence-electron chi connectivity index (χ2n) is 5.93. The van der Waals surface area contributed by atoms with Crippen molar-refractivity contribution in [2.75, 3.05) is 39.0 Å². The fraction of sp³-hybridized carbons (Fsp3) is 1.00. The molecule has 0 aromatic carbocycles. The number of hydrogen-bond acceptors (Lipinski definition) is 4. The summed E-state index contributed by atoms with van der Waals surface area (Å²) in [6.45, 7) is 6.43. The Bertz CT molecular complexity index is 371. The number of hydrogen-bond donors (Lipinski definition) is 1. The zero-order valence-corrected chi connectivity index (χ0v) is 13.0. The molecule has 2 atom stereocenters. The molecule has 2 aliphatic heterocycles. The van der Waals surface area contributed by atoms with Crippen molar-refractivity contribution < 1.29 is 8.42 Å². The lowest BCUT2D eigenvalue weighted by Gasteiger charge is -2.38. The second-order valence-corrected chi connectivity index (χ2v) is 7.91. The maximum absolute atomic E-state index is 11.5. The van der Waals surface area contributed by atoms with E-state index in [1.807, 2.05) is 0 Å². The van der Waals surface area contributed by atoms with Gasteiger partial charge in [-0.3, -0.25) is 4.90 Å². The number of piperidine rings is 1. The summed E-state index contributed by atoms with van der Waals surface area (Å²) in [5.74, 6) is 0. The second kappa shape index (κ2) is 6.52. The van der Waals surface area contributed by atoms with Crippen molar-refractivity contribution in [1.82, 2.24) is 14.5 Å². The number of sulfonamides is 1. The average molecular weight is 289 g/mol. The summed E-state index contributed by atoms with van der Waals surface area (Å²) in [7, 11) is -3.01. The van der Waals surface area contributed by atoms with Gasteiger partial charge in [0.1, 0.15) is 0 Å². The Morgan fingerprint density at radius 3 is 2.42 bits per heavy atom. The highest BCUT2D eigenvalue weighted by Gasteiger charge is 2.27. The van der Waals surface area contributed by atoms with Crippen LogP contribution in [0.25, 0.3) is 0 Å². The number of nitrogens with one attached hydrogen (secondary N) is 1. The first kappa shape index (κ1) is 15.2. The molecular formula is C13H27N3O2S. The summed E-state index contributed by atoms with van der Waals surface area (Å²) < 4.78 is 24.5. The van der Waals surface area contributed by atoms with Crippen LogP contribution in [0.5, 0.6) is 0 Å². The molecule has 0 aromatic rings. The molecule has 2 aliphatic rings. The number of rotatable bonds is 4. The molecule has 0 radical (unpaired) electrons. The maximum atomic E-state index is 11.5. The molecule has 2 saturated heterocycles. The third-order valence-electron chi connectivity index (χ3n) is 4.40. The molecule has 0 amide bonds. The summed E-state index contributed by atoms with van der Waals surface area (Å²) in [6.07, 6.45) is 6.41. The normalized spacial score (nSPS) is 29.3. The highest BCUT2D eigenvalue weighted by Crippen LogP contribution is 2.17. The first-order chi connectivity index (χ1) is 8.97. The highest BCUT2D eigenvalue weighted by molar-refractivity contribution is 7.88. The van der Waals surface area contributed by atoms with Crippen molar-refractivity contribution in [2.45, 2.75) is 44.7 Å². The predicted molar refractivity (Wildman–Crippen MR) is 77.7 cm³/mol. The van der Waals surface area contributed by atoms with Crippen molar-refractivity contribution >= 4 is 10.0 Å². The van der Waals surface area contributed by atoms with Crippen LogP contribution in [-0.2, 0) is 10.0 Å². The third-order valence-corrected chi connectivity index (χ3v) is 5.71. The maximum Gasteiger partial charge on any atom is 0.211 e. The van der Waals surface area contributed by atoms with E-state index in [9.17, 15) is 8.42 Å². The largest absolute Gasteiger partial charge is 0.314 e. The molecule has 0 bridgehead atoms. The van der Waals surface area contributed by atoms with Gasteiger partial charge < -0.3 is 5.32 Å². The van der Waals surface area contributed by atoms with Crippen LogP contribution < -0.4 is 5.32 Å². The minimum atomic E-state index is -3.01. The molecule has 0 spiro atoms. The topological polar surface area (TPSA) is 52.6 Å². The van der Waals surface area contributed by atoms with E-state index in [0.29, 0.717) is 25.2 Å².